The summed E-state index contributed by atoms with van der Waals surface area (Å²) in [6, 6.07) is 0. The van der Waals surface area contributed by atoms with Crippen molar-refractivity contribution >= 4 is 5.97 Å². The van der Waals surface area contributed by atoms with Gasteiger partial charge in [-0.25, -0.2) is 4.79 Å². The molecule has 0 spiro atoms. The molecular weight excluding hydrogens is 256 g/mol. The number of ether oxygens (including phenoxy) is 1. The molecule has 0 aromatic carbocycles. The van der Waals surface area contributed by atoms with Crippen LogP contribution in [0.2, 0.25) is 0 Å². The summed E-state index contributed by atoms with van der Waals surface area (Å²) in [4.78, 5) is 11.6. The third kappa shape index (κ3) is 2.11. The lowest BCUT2D eigenvalue weighted by Gasteiger charge is -2.56. The molecule has 0 unspecified atom stereocenters. The van der Waals surface area contributed by atoms with Gasteiger partial charge in [0.2, 0.25) is 0 Å². The number of hydrogen-bond acceptors (Lipinski definition) is 4. The Hall–Kier alpha value is -1.13. The molecule has 0 aromatic heterocycles. The van der Waals surface area contributed by atoms with E-state index in [0.29, 0.717) is 24.0 Å². The van der Waals surface area contributed by atoms with E-state index < -0.39 is 17.7 Å². The monoisotopic (exact) mass is 280 g/mol. The van der Waals surface area contributed by atoms with Crippen molar-refractivity contribution in [3.05, 3.63) is 24.3 Å². The van der Waals surface area contributed by atoms with Crippen LogP contribution >= 0.6 is 0 Å². The number of carbonyl (C=O) groups is 1. The van der Waals surface area contributed by atoms with Gasteiger partial charge in [-0.3, -0.25) is 0 Å². The van der Waals surface area contributed by atoms with Crippen molar-refractivity contribution < 1.29 is 19.7 Å². The summed E-state index contributed by atoms with van der Waals surface area (Å²) in [5.41, 5.74) is -0.537. The molecule has 2 N–H and O–H groups in total. The van der Waals surface area contributed by atoms with Crippen LogP contribution in [0.3, 0.4) is 0 Å². The van der Waals surface area contributed by atoms with Crippen molar-refractivity contribution in [2.24, 2.45) is 11.3 Å². The lowest BCUT2D eigenvalue weighted by molar-refractivity contribution is -0.140. The van der Waals surface area contributed by atoms with Gasteiger partial charge in [-0.15, -0.1) is 0 Å². The predicted molar refractivity (Wildman–Crippen MR) is 75.9 cm³/mol. The molecule has 0 saturated heterocycles. The molecule has 4 heteroatoms. The lowest BCUT2D eigenvalue weighted by atomic mass is 9.53. The first-order valence-corrected chi connectivity index (χ1v) is 7.12. The second-order valence-corrected chi connectivity index (χ2v) is 6.46. The first kappa shape index (κ1) is 15.3. The predicted octanol–water partition coefficient (Wildman–Crippen LogP) is 1.96. The van der Waals surface area contributed by atoms with Crippen molar-refractivity contribution in [3.63, 3.8) is 0 Å². The molecule has 0 aliphatic heterocycles. The van der Waals surface area contributed by atoms with Gasteiger partial charge in [0.25, 0.3) is 0 Å². The summed E-state index contributed by atoms with van der Waals surface area (Å²) in [5, 5.41) is 21.1. The van der Waals surface area contributed by atoms with Crippen molar-refractivity contribution in [1.82, 2.24) is 0 Å². The molecule has 2 saturated carbocycles. The van der Waals surface area contributed by atoms with Gasteiger partial charge >= 0.3 is 5.97 Å². The molecule has 2 rings (SSSR count). The number of esters is 1. The highest BCUT2D eigenvalue weighted by molar-refractivity contribution is 5.88. The van der Waals surface area contributed by atoms with Crippen LogP contribution < -0.4 is 0 Å². The Morgan fingerprint density at radius 1 is 1.40 bits per heavy atom. The zero-order valence-corrected chi connectivity index (χ0v) is 12.3. The van der Waals surface area contributed by atoms with Crippen molar-refractivity contribution in [2.75, 3.05) is 7.11 Å². The second kappa shape index (κ2) is 5.01. The van der Waals surface area contributed by atoms with Gasteiger partial charge in [-0.2, -0.15) is 0 Å². The van der Waals surface area contributed by atoms with Gasteiger partial charge in [-0.05, 0) is 43.6 Å². The van der Waals surface area contributed by atoms with E-state index in [-0.39, 0.29) is 11.3 Å². The fraction of sp³-hybridized carbons (Fsp3) is 0.688. The molecule has 0 amide bonds. The third-order valence-corrected chi connectivity index (χ3v) is 5.43. The summed E-state index contributed by atoms with van der Waals surface area (Å²) < 4.78 is 4.72. The van der Waals surface area contributed by atoms with Crippen LogP contribution in [0.15, 0.2) is 24.3 Å². The largest absolute Gasteiger partial charge is 0.466 e. The van der Waals surface area contributed by atoms with Crippen LogP contribution in [0.4, 0.5) is 0 Å². The number of methoxy groups -OCH3 is 1. The molecule has 4 atom stereocenters. The van der Waals surface area contributed by atoms with Crippen LogP contribution in [0.25, 0.3) is 0 Å². The van der Waals surface area contributed by atoms with E-state index in [4.69, 9.17) is 4.74 Å². The number of hydrogen-bond donors (Lipinski definition) is 2. The molecule has 2 aliphatic rings. The fourth-order valence-corrected chi connectivity index (χ4v) is 3.76. The topological polar surface area (TPSA) is 66.8 Å². The molecule has 20 heavy (non-hydrogen) atoms. The molecule has 0 bridgehead atoms. The zero-order valence-electron chi connectivity index (χ0n) is 12.3. The van der Waals surface area contributed by atoms with E-state index >= 15 is 0 Å². The Kier molecular flexibility index (Phi) is 3.82. The maximum atomic E-state index is 11.6. The molecule has 0 radical (unpaired) electrons. The van der Waals surface area contributed by atoms with Crippen LogP contribution in [-0.2, 0) is 9.53 Å². The SMILES string of the molecule is C=C(C(=O)OC)[C@@H]1CC[C@@]2(C)CC[C@@H](O)C(=C)[C@]2(O)C1. The highest BCUT2D eigenvalue weighted by Gasteiger charge is 2.56. The molecule has 2 aliphatic carbocycles. The van der Waals surface area contributed by atoms with Gasteiger partial charge in [0.1, 0.15) is 0 Å². The molecular formula is C16H24O4. The quantitative estimate of drug-likeness (QED) is 0.461. The van der Waals surface area contributed by atoms with E-state index in [1.807, 2.05) is 6.92 Å². The van der Waals surface area contributed by atoms with E-state index in [1.165, 1.54) is 7.11 Å². The van der Waals surface area contributed by atoms with Gasteiger partial charge in [0.15, 0.2) is 0 Å². The van der Waals surface area contributed by atoms with Crippen LogP contribution in [-0.4, -0.2) is 35.0 Å². The molecule has 4 nitrogen and oxygen atoms in total. The minimum Gasteiger partial charge on any atom is -0.466 e. The summed E-state index contributed by atoms with van der Waals surface area (Å²) in [7, 11) is 1.33. The molecule has 2 fully saturated rings. The van der Waals surface area contributed by atoms with E-state index in [9.17, 15) is 15.0 Å². The summed E-state index contributed by atoms with van der Waals surface area (Å²) in [5.74, 6) is -0.549. The first-order chi connectivity index (χ1) is 9.25. The summed E-state index contributed by atoms with van der Waals surface area (Å²) in [6.45, 7) is 9.76. The minimum absolute atomic E-state index is 0.123. The van der Waals surface area contributed by atoms with E-state index in [2.05, 4.69) is 13.2 Å². The number of carbonyl (C=O) groups excluding carboxylic acids is 1. The van der Waals surface area contributed by atoms with Gasteiger partial charge < -0.3 is 14.9 Å². The molecule has 0 aromatic rings. The van der Waals surface area contributed by atoms with Gasteiger partial charge in [0, 0.05) is 11.0 Å². The number of rotatable bonds is 2. The highest BCUT2D eigenvalue weighted by atomic mass is 16.5. The maximum Gasteiger partial charge on any atom is 0.333 e. The van der Waals surface area contributed by atoms with Crippen molar-refractivity contribution in [1.29, 1.82) is 0 Å². The fourth-order valence-electron chi connectivity index (χ4n) is 3.76. The third-order valence-electron chi connectivity index (χ3n) is 5.43. The Bertz CT molecular complexity index is 455. The summed E-state index contributed by atoms with van der Waals surface area (Å²) in [6.07, 6.45) is 2.71. The van der Waals surface area contributed by atoms with Gasteiger partial charge in [-0.1, -0.05) is 20.1 Å². The van der Waals surface area contributed by atoms with E-state index in [1.54, 1.807) is 0 Å². The Morgan fingerprint density at radius 2 is 2.00 bits per heavy atom. The average Bonchev–Trinajstić information content (AvgIpc) is 2.44. The van der Waals surface area contributed by atoms with Crippen LogP contribution in [0, 0.1) is 11.3 Å². The normalized spacial score (nSPS) is 40.9. The Morgan fingerprint density at radius 3 is 2.60 bits per heavy atom. The Labute approximate surface area is 120 Å². The summed E-state index contributed by atoms with van der Waals surface area (Å²) >= 11 is 0. The average molecular weight is 280 g/mol. The minimum atomic E-state index is -1.13. The van der Waals surface area contributed by atoms with Gasteiger partial charge in [0.05, 0.1) is 18.8 Å². The van der Waals surface area contributed by atoms with Crippen LogP contribution in [0.5, 0.6) is 0 Å². The first-order valence-electron chi connectivity index (χ1n) is 7.12. The molecule has 112 valence electrons. The number of aliphatic hydroxyl groups is 2. The maximum absolute atomic E-state index is 11.6. The van der Waals surface area contributed by atoms with Crippen molar-refractivity contribution in [2.45, 2.75) is 50.7 Å². The van der Waals surface area contributed by atoms with Crippen molar-refractivity contribution in [3.8, 4) is 0 Å². The zero-order chi connectivity index (χ0) is 15.1. The second-order valence-electron chi connectivity index (χ2n) is 6.46. The molecule has 0 heterocycles. The number of aliphatic hydroxyl groups excluding tert-OH is 1. The van der Waals surface area contributed by atoms with Crippen LogP contribution in [0.1, 0.15) is 39.0 Å². The standard InChI is InChI=1S/C16H24O4/c1-10(14(18)20-4)12-5-7-15(3)8-6-13(17)11(2)16(15,19)9-12/h12-13,17,19H,1-2,5-9H2,3-4H3/t12-,13-,15+,16-/m1/s1. The Balaban J connectivity index is 2.26. The van der Waals surface area contributed by atoms with E-state index in [0.717, 1.165) is 19.3 Å². The lowest BCUT2D eigenvalue weighted by Crippen LogP contribution is -2.57. The number of fused-ring (bicyclic) bond motifs is 1. The highest BCUT2D eigenvalue weighted by Crippen LogP contribution is 2.56. The smallest absolute Gasteiger partial charge is 0.333 e.